The molecule has 0 aliphatic heterocycles. The molecule has 2 rings (SSSR count). The number of hydrogen-bond acceptors (Lipinski definition) is 4. The van der Waals surface area contributed by atoms with Crippen molar-refractivity contribution in [3.8, 4) is 28.7 Å². The molecule has 2 aromatic carbocycles. The minimum atomic E-state index is -0.252. The van der Waals surface area contributed by atoms with Gasteiger partial charge in [-0.2, -0.15) is 0 Å². The van der Waals surface area contributed by atoms with Gasteiger partial charge in [-0.25, -0.2) is 0 Å². The van der Waals surface area contributed by atoms with E-state index in [4.69, 9.17) is 4.74 Å². The topological polar surface area (TPSA) is 69.9 Å². The highest BCUT2D eigenvalue weighted by atomic mass is 16.5. The van der Waals surface area contributed by atoms with Gasteiger partial charge in [0.05, 0.1) is 0 Å². The third kappa shape index (κ3) is 2.96. The first kappa shape index (κ1) is 14.1. The third-order valence-electron chi connectivity index (χ3n) is 2.96. The average Bonchev–Trinajstić information content (AvgIpc) is 2.32. The molecule has 2 aromatic rings. The van der Waals surface area contributed by atoms with Crippen LogP contribution in [0, 0.1) is 0 Å². The summed E-state index contributed by atoms with van der Waals surface area (Å²) in [6.45, 7) is 6.04. The smallest absolute Gasteiger partial charge is 0.161 e. The largest absolute Gasteiger partial charge is 0.508 e. The number of rotatable bonds is 2. The molecule has 0 amide bonds. The summed E-state index contributed by atoms with van der Waals surface area (Å²) < 4.78 is 5.53. The molecule has 0 saturated heterocycles. The summed E-state index contributed by atoms with van der Waals surface area (Å²) in [6.07, 6.45) is 0. The third-order valence-corrected chi connectivity index (χ3v) is 2.96. The van der Waals surface area contributed by atoms with E-state index in [1.165, 1.54) is 24.3 Å². The van der Waals surface area contributed by atoms with E-state index in [1.807, 2.05) is 26.8 Å². The maximum Gasteiger partial charge on any atom is 0.161 e. The van der Waals surface area contributed by atoms with Crippen molar-refractivity contribution in [2.45, 2.75) is 26.2 Å². The Morgan fingerprint density at radius 3 is 1.80 bits per heavy atom. The van der Waals surface area contributed by atoms with Crippen molar-refractivity contribution in [3.05, 3.63) is 42.0 Å². The number of aromatic hydroxyl groups is 3. The van der Waals surface area contributed by atoms with Crippen LogP contribution in [0.4, 0.5) is 0 Å². The second-order valence-electron chi connectivity index (χ2n) is 5.68. The summed E-state index contributed by atoms with van der Waals surface area (Å²) in [7, 11) is 0. The Balaban J connectivity index is 2.26. The summed E-state index contributed by atoms with van der Waals surface area (Å²) >= 11 is 0. The Bertz CT molecular complexity index is 627. The summed E-state index contributed by atoms with van der Waals surface area (Å²) in [5.74, 6) is 0.545. The molecule has 20 heavy (non-hydrogen) atoms. The SMILES string of the molecule is CC(C)(C)c1ccc(Oc2ccc(O)c(O)c2)cc1O. The lowest BCUT2D eigenvalue weighted by molar-refractivity contribution is 0.397. The fraction of sp³-hybridized carbons (Fsp3) is 0.250. The highest BCUT2D eigenvalue weighted by Crippen LogP contribution is 2.36. The maximum absolute atomic E-state index is 10.0. The predicted molar refractivity (Wildman–Crippen MR) is 76.7 cm³/mol. The van der Waals surface area contributed by atoms with Gasteiger partial charge in [-0.05, 0) is 29.2 Å². The molecule has 3 N–H and O–H groups in total. The van der Waals surface area contributed by atoms with Crippen molar-refractivity contribution in [2.24, 2.45) is 0 Å². The van der Waals surface area contributed by atoms with Crippen LogP contribution < -0.4 is 4.74 Å². The van der Waals surface area contributed by atoms with Crippen molar-refractivity contribution in [3.63, 3.8) is 0 Å². The lowest BCUT2D eigenvalue weighted by Crippen LogP contribution is -2.11. The molecule has 0 aromatic heterocycles. The number of hydrogen-bond donors (Lipinski definition) is 3. The molecule has 0 saturated carbocycles. The Hall–Kier alpha value is -2.36. The Morgan fingerprint density at radius 1 is 0.750 bits per heavy atom. The standard InChI is InChI=1S/C16H18O4/c1-16(2,3)12-6-4-10(8-14(12)18)20-11-5-7-13(17)15(19)9-11/h4-9,17-19H,1-3H3. The van der Waals surface area contributed by atoms with Crippen LogP contribution in [0.15, 0.2) is 36.4 Å². The molecule has 0 radical (unpaired) electrons. The van der Waals surface area contributed by atoms with E-state index < -0.39 is 0 Å². The zero-order valence-corrected chi connectivity index (χ0v) is 11.7. The van der Waals surface area contributed by atoms with E-state index in [0.717, 1.165) is 5.56 Å². The molecular weight excluding hydrogens is 256 g/mol. The molecule has 0 aliphatic carbocycles. The van der Waals surface area contributed by atoms with Gasteiger partial charge in [0.2, 0.25) is 0 Å². The summed E-state index contributed by atoms with van der Waals surface area (Å²) in [5, 5.41) is 28.7. The molecule has 0 spiro atoms. The van der Waals surface area contributed by atoms with Crippen LogP contribution in [0.25, 0.3) is 0 Å². The lowest BCUT2D eigenvalue weighted by Gasteiger charge is -2.20. The van der Waals surface area contributed by atoms with Crippen LogP contribution in [0.5, 0.6) is 28.7 Å². The second-order valence-corrected chi connectivity index (χ2v) is 5.68. The van der Waals surface area contributed by atoms with Gasteiger partial charge in [-0.1, -0.05) is 26.8 Å². The predicted octanol–water partition coefficient (Wildman–Crippen LogP) is 3.89. The number of benzene rings is 2. The molecule has 0 bridgehead atoms. The van der Waals surface area contributed by atoms with E-state index in [2.05, 4.69) is 0 Å². The van der Waals surface area contributed by atoms with Gasteiger partial charge >= 0.3 is 0 Å². The van der Waals surface area contributed by atoms with Crippen LogP contribution in [0.2, 0.25) is 0 Å². The van der Waals surface area contributed by atoms with Crippen LogP contribution in [0.3, 0.4) is 0 Å². The van der Waals surface area contributed by atoms with Gasteiger partial charge in [-0.15, -0.1) is 0 Å². The first-order chi connectivity index (χ1) is 9.27. The normalized spacial score (nSPS) is 11.3. The Morgan fingerprint density at radius 2 is 1.30 bits per heavy atom. The second kappa shape index (κ2) is 4.96. The molecule has 0 unspecified atom stereocenters. The molecule has 106 valence electrons. The van der Waals surface area contributed by atoms with Crippen LogP contribution >= 0.6 is 0 Å². The maximum atomic E-state index is 10.0. The van der Waals surface area contributed by atoms with E-state index in [0.29, 0.717) is 11.5 Å². The first-order valence-corrected chi connectivity index (χ1v) is 6.31. The van der Waals surface area contributed by atoms with E-state index in [1.54, 1.807) is 6.07 Å². The first-order valence-electron chi connectivity index (χ1n) is 6.31. The fourth-order valence-corrected chi connectivity index (χ4v) is 1.91. The van der Waals surface area contributed by atoms with E-state index in [-0.39, 0.29) is 22.7 Å². The quantitative estimate of drug-likeness (QED) is 0.726. The fourth-order valence-electron chi connectivity index (χ4n) is 1.91. The van der Waals surface area contributed by atoms with Gasteiger partial charge < -0.3 is 20.1 Å². The van der Waals surface area contributed by atoms with Gasteiger partial charge in [0.25, 0.3) is 0 Å². The van der Waals surface area contributed by atoms with Gasteiger partial charge in [0.15, 0.2) is 11.5 Å². The summed E-state index contributed by atoms with van der Waals surface area (Å²) in [6, 6.07) is 9.28. The van der Waals surface area contributed by atoms with Crippen molar-refractivity contribution >= 4 is 0 Å². The zero-order chi connectivity index (χ0) is 14.9. The Labute approximate surface area is 117 Å². The summed E-state index contributed by atoms with van der Waals surface area (Å²) in [5.41, 5.74) is 0.678. The molecular formula is C16H18O4. The van der Waals surface area contributed by atoms with Gasteiger partial charge in [0.1, 0.15) is 17.2 Å². The molecule has 4 nitrogen and oxygen atoms in total. The molecule has 0 fully saturated rings. The minimum Gasteiger partial charge on any atom is -0.508 e. The molecule has 0 atom stereocenters. The van der Waals surface area contributed by atoms with Gasteiger partial charge in [-0.3, -0.25) is 0 Å². The van der Waals surface area contributed by atoms with Crippen molar-refractivity contribution in [1.82, 2.24) is 0 Å². The van der Waals surface area contributed by atoms with Gasteiger partial charge in [0, 0.05) is 12.1 Å². The minimum absolute atomic E-state index is 0.153. The highest BCUT2D eigenvalue weighted by molar-refractivity contribution is 5.47. The van der Waals surface area contributed by atoms with Crippen LogP contribution in [0.1, 0.15) is 26.3 Å². The van der Waals surface area contributed by atoms with E-state index >= 15 is 0 Å². The number of ether oxygens (including phenoxy) is 1. The van der Waals surface area contributed by atoms with Crippen molar-refractivity contribution < 1.29 is 20.1 Å². The van der Waals surface area contributed by atoms with Crippen molar-refractivity contribution in [1.29, 1.82) is 0 Å². The molecule has 0 aliphatic rings. The number of phenolic OH excluding ortho intramolecular Hbond substituents is 3. The monoisotopic (exact) mass is 274 g/mol. The molecule has 4 heteroatoms. The summed E-state index contributed by atoms with van der Waals surface area (Å²) in [4.78, 5) is 0. The highest BCUT2D eigenvalue weighted by Gasteiger charge is 2.18. The molecule has 0 heterocycles. The average molecular weight is 274 g/mol. The van der Waals surface area contributed by atoms with E-state index in [9.17, 15) is 15.3 Å². The zero-order valence-electron chi connectivity index (χ0n) is 11.7. The van der Waals surface area contributed by atoms with Crippen molar-refractivity contribution in [2.75, 3.05) is 0 Å². The Kier molecular flexibility index (Phi) is 3.49. The van der Waals surface area contributed by atoms with Crippen LogP contribution in [-0.4, -0.2) is 15.3 Å². The lowest BCUT2D eigenvalue weighted by atomic mass is 9.86. The van der Waals surface area contributed by atoms with Crippen LogP contribution in [-0.2, 0) is 5.41 Å². The number of phenols is 3.